The number of ether oxygens (including phenoxy) is 3. The fourth-order valence-electron chi connectivity index (χ4n) is 2.74. The summed E-state index contributed by atoms with van der Waals surface area (Å²) in [5, 5.41) is 11.9. The molecule has 0 bridgehead atoms. The zero-order valence-corrected chi connectivity index (χ0v) is 15.7. The monoisotopic (exact) mass is 394 g/mol. The third-order valence-electron chi connectivity index (χ3n) is 4.26. The summed E-state index contributed by atoms with van der Waals surface area (Å²) in [6.07, 6.45) is 0. The van der Waals surface area contributed by atoms with Crippen LogP contribution in [0, 0.1) is 6.92 Å². The van der Waals surface area contributed by atoms with Crippen molar-refractivity contribution < 1.29 is 23.8 Å². The van der Waals surface area contributed by atoms with Gasteiger partial charge in [0.15, 0.2) is 30.4 Å². The van der Waals surface area contributed by atoms with E-state index >= 15 is 0 Å². The van der Waals surface area contributed by atoms with Crippen LogP contribution in [0.1, 0.15) is 15.9 Å². The van der Waals surface area contributed by atoms with Crippen molar-refractivity contribution in [3.05, 3.63) is 53.6 Å². The molecule has 148 valence electrons. The number of hydrogen-bond donors (Lipinski definition) is 0. The topological polar surface area (TPSA) is 105 Å². The third kappa shape index (κ3) is 4.40. The van der Waals surface area contributed by atoms with Gasteiger partial charge in [0.2, 0.25) is 5.82 Å². The van der Waals surface area contributed by atoms with Crippen molar-refractivity contribution in [3.8, 4) is 22.9 Å². The van der Waals surface area contributed by atoms with E-state index in [1.54, 1.807) is 18.2 Å². The first-order chi connectivity index (χ1) is 14.1. The third-order valence-corrected chi connectivity index (χ3v) is 4.26. The average Bonchev–Trinajstić information content (AvgIpc) is 3.20. The molecular weight excluding hydrogens is 376 g/mol. The number of carbonyl (C=O) groups is 2. The van der Waals surface area contributed by atoms with Crippen molar-refractivity contribution in [1.82, 2.24) is 20.2 Å². The van der Waals surface area contributed by atoms with Crippen LogP contribution >= 0.6 is 0 Å². The highest BCUT2D eigenvalue weighted by atomic mass is 16.6. The van der Waals surface area contributed by atoms with E-state index in [9.17, 15) is 9.59 Å². The Bertz CT molecular complexity index is 1050. The van der Waals surface area contributed by atoms with Crippen molar-refractivity contribution in [2.24, 2.45) is 0 Å². The quantitative estimate of drug-likeness (QED) is 0.461. The molecule has 0 saturated carbocycles. The van der Waals surface area contributed by atoms with E-state index in [0.717, 1.165) is 15.9 Å². The Morgan fingerprint density at radius 2 is 1.83 bits per heavy atom. The lowest BCUT2D eigenvalue weighted by Crippen LogP contribution is -2.20. The minimum atomic E-state index is -0.635. The van der Waals surface area contributed by atoms with Crippen LogP contribution in [-0.2, 0) is 16.1 Å². The van der Waals surface area contributed by atoms with Crippen LogP contribution in [0.15, 0.2) is 42.5 Å². The van der Waals surface area contributed by atoms with Crippen LogP contribution < -0.4 is 9.47 Å². The number of rotatable bonds is 6. The van der Waals surface area contributed by atoms with Crippen molar-refractivity contribution in [3.63, 3.8) is 0 Å². The number of hydrogen-bond acceptors (Lipinski definition) is 8. The predicted molar refractivity (Wildman–Crippen MR) is 101 cm³/mol. The lowest BCUT2D eigenvalue weighted by atomic mass is 10.1. The summed E-state index contributed by atoms with van der Waals surface area (Å²) in [6, 6.07) is 12.5. The second kappa shape index (κ2) is 8.09. The average molecular weight is 394 g/mol. The maximum Gasteiger partial charge on any atom is 0.330 e. The largest absolute Gasteiger partial charge is 0.486 e. The first-order valence-corrected chi connectivity index (χ1v) is 9.02. The molecule has 29 heavy (non-hydrogen) atoms. The number of nitrogens with zero attached hydrogens (tertiary/aromatic N) is 4. The number of aromatic nitrogens is 4. The maximum absolute atomic E-state index is 12.3. The number of esters is 1. The van der Waals surface area contributed by atoms with Crippen molar-refractivity contribution in [2.45, 2.75) is 13.5 Å². The molecule has 0 unspecified atom stereocenters. The van der Waals surface area contributed by atoms with Gasteiger partial charge in [-0.3, -0.25) is 4.79 Å². The van der Waals surface area contributed by atoms with E-state index in [-0.39, 0.29) is 12.3 Å². The second-order valence-electron chi connectivity index (χ2n) is 6.45. The van der Waals surface area contributed by atoms with Gasteiger partial charge in [-0.1, -0.05) is 29.8 Å². The first kappa shape index (κ1) is 18.6. The minimum absolute atomic E-state index is 0.243. The van der Waals surface area contributed by atoms with E-state index in [1.807, 2.05) is 31.2 Å². The van der Waals surface area contributed by atoms with Gasteiger partial charge in [-0.15, -0.1) is 10.2 Å². The highest BCUT2D eigenvalue weighted by Gasteiger charge is 2.17. The molecule has 0 fully saturated rings. The summed E-state index contributed by atoms with van der Waals surface area (Å²) < 4.78 is 15.9. The van der Waals surface area contributed by atoms with Gasteiger partial charge in [-0.05, 0) is 30.3 Å². The van der Waals surface area contributed by atoms with Crippen molar-refractivity contribution in [2.75, 3.05) is 19.8 Å². The molecule has 0 amide bonds. The molecule has 1 aliphatic rings. The van der Waals surface area contributed by atoms with Crippen LogP contribution in [-0.4, -0.2) is 51.8 Å². The van der Waals surface area contributed by atoms with Gasteiger partial charge in [0.1, 0.15) is 13.2 Å². The lowest BCUT2D eigenvalue weighted by Gasteiger charge is -2.18. The molecule has 0 atom stereocenters. The minimum Gasteiger partial charge on any atom is -0.486 e. The smallest absolute Gasteiger partial charge is 0.330 e. The fraction of sp³-hybridized carbons (Fsp3) is 0.250. The molecule has 0 aliphatic carbocycles. The van der Waals surface area contributed by atoms with Crippen molar-refractivity contribution >= 4 is 11.8 Å². The number of benzene rings is 2. The van der Waals surface area contributed by atoms with E-state index in [4.69, 9.17) is 14.2 Å². The standard InChI is InChI=1S/C20H18N4O5/c1-13-2-4-14(5-3-13)20-21-23-24(22-20)11-19(26)29-12-16(25)15-6-7-17-18(10-15)28-9-8-27-17/h2-7,10H,8-9,11-12H2,1H3. The zero-order valence-electron chi connectivity index (χ0n) is 15.7. The zero-order chi connectivity index (χ0) is 20.2. The van der Waals surface area contributed by atoms with Crippen LogP contribution in [0.3, 0.4) is 0 Å². The summed E-state index contributed by atoms with van der Waals surface area (Å²) in [4.78, 5) is 25.4. The molecule has 0 radical (unpaired) electrons. The molecule has 2 heterocycles. The molecule has 4 rings (SSSR count). The van der Waals surface area contributed by atoms with Crippen LogP contribution in [0.4, 0.5) is 0 Å². The maximum atomic E-state index is 12.3. The van der Waals surface area contributed by atoms with Gasteiger partial charge >= 0.3 is 5.97 Å². The predicted octanol–water partition coefficient (Wildman–Crippen LogP) is 1.85. The summed E-state index contributed by atoms with van der Waals surface area (Å²) in [7, 11) is 0. The van der Waals surface area contributed by atoms with Gasteiger partial charge in [-0.2, -0.15) is 4.80 Å². The van der Waals surface area contributed by atoms with E-state index in [2.05, 4.69) is 15.4 Å². The number of ketones is 1. The summed E-state index contributed by atoms with van der Waals surface area (Å²) in [6.45, 7) is 2.25. The Kier molecular flexibility index (Phi) is 5.19. The molecular formula is C20H18N4O5. The van der Waals surface area contributed by atoms with Gasteiger partial charge in [0, 0.05) is 11.1 Å². The van der Waals surface area contributed by atoms with Crippen LogP contribution in [0.2, 0.25) is 0 Å². The number of aryl methyl sites for hydroxylation is 1. The number of fused-ring (bicyclic) bond motifs is 1. The molecule has 0 spiro atoms. The summed E-state index contributed by atoms with van der Waals surface area (Å²) >= 11 is 0. The number of Topliss-reactive ketones (excluding diaryl/α,β-unsaturated/α-hetero) is 1. The van der Waals surface area contributed by atoms with Crippen LogP contribution in [0.5, 0.6) is 11.5 Å². The van der Waals surface area contributed by atoms with E-state index in [1.165, 1.54) is 0 Å². The van der Waals surface area contributed by atoms with Gasteiger partial charge in [-0.25, -0.2) is 4.79 Å². The summed E-state index contributed by atoms with van der Waals surface area (Å²) in [5.74, 6) is 0.520. The van der Waals surface area contributed by atoms with E-state index in [0.29, 0.717) is 36.1 Å². The fourth-order valence-corrected chi connectivity index (χ4v) is 2.74. The Balaban J connectivity index is 1.32. The summed E-state index contributed by atoms with van der Waals surface area (Å²) in [5.41, 5.74) is 2.29. The molecule has 1 aliphatic heterocycles. The van der Waals surface area contributed by atoms with Gasteiger partial charge in [0.05, 0.1) is 0 Å². The van der Waals surface area contributed by atoms with E-state index < -0.39 is 12.6 Å². The molecule has 0 N–H and O–H groups in total. The Hall–Kier alpha value is -3.75. The SMILES string of the molecule is Cc1ccc(-c2nnn(CC(=O)OCC(=O)c3ccc4c(c3)OCCO4)n2)cc1. The van der Waals surface area contributed by atoms with Crippen LogP contribution in [0.25, 0.3) is 11.4 Å². The normalized spacial score (nSPS) is 12.4. The molecule has 3 aromatic rings. The molecule has 9 nitrogen and oxygen atoms in total. The highest BCUT2D eigenvalue weighted by molar-refractivity contribution is 5.98. The molecule has 1 aromatic heterocycles. The molecule has 0 saturated heterocycles. The number of tetrazole rings is 1. The van der Waals surface area contributed by atoms with Gasteiger partial charge < -0.3 is 14.2 Å². The Labute approximate surface area is 166 Å². The number of carbonyl (C=O) groups excluding carboxylic acids is 2. The van der Waals surface area contributed by atoms with Gasteiger partial charge in [0.25, 0.3) is 0 Å². The highest BCUT2D eigenvalue weighted by Crippen LogP contribution is 2.30. The second-order valence-corrected chi connectivity index (χ2v) is 6.45. The Morgan fingerprint density at radius 1 is 1.07 bits per heavy atom. The first-order valence-electron chi connectivity index (χ1n) is 9.02. The Morgan fingerprint density at radius 3 is 2.62 bits per heavy atom. The lowest BCUT2D eigenvalue weighted by molar-refractivity contribution is -0.143. The van der Waals surface area contributed by atoms with Crippen molar-refractivity contribution in [1.29, 1.82) is 0 Å². The molecule has 2 aromatic carbocycles. The molecule has 9 heteroatoms.